The molecule has 0 unspecified atom stereocenters. The van der Waals surface area contributed by atoms with E-state index >= 15 is 0 Å². The monoisotopic (exact) mass is 272 g/mol. The van der Waals surface area contributed by atoms with Gasteiger partial charge in [0.25, 0.3) is 0 Å². The highest BCUT2D eigenvalue weighted by atomic mass is 35.5. The second-order valence-corrected chi connectivity index (χ2v) is 4.79. The van der Waals surface area contributed by atoms with Crippen LogP contribution < -0.4 is 0 Å². The number of halogens is 1. The number of aryl methyl sites for hydroxylation is 1. The third kappa shape index (κ3) is 3.30. The van der Waals surface area contributed by atoms with Crippen LogP contribution in [0.25, 0.3) is 0 Å². The van der Waals surface area contributed by atoms with Crippen molar-refractivity contribution < 1.29 is 9.59 Å². The number of carbonyl (C=O) groups excluding carboxylic acids is 2. The lowest BCUT2D eigenvalue weighted by Gasteiger charge is -2.07. The highest BCUT2D eigenvalue weighted by Gasteiger charge is 2.11. The number of hydrogen-bond acceptors (Lipinski definition) is 2. The van der Waals surface area contributed by atoms with Crippen LogP contribution in [0.3, 0.4) is 0 Å². The van der Waals surface area contributed by atoms with E-state index in [1.807, 2.05) is 31.2 Å². The zero-order chi connectivity index (χ0) is 13.8. The van der Waals surface area contributed by atoms with Gasteiger partial charge >= 0.3 is 0 Å². The average molecular weight is 273 g/mol. The summed E-state index contributed by atoms with van der Waals surface area (Å²) in [5.74, 6) is -0.0520. The van der Waals surface area contributed by atoms with Gasteiger partial charge in [-0.3, -0.25) is 9.59 Å². The second-order valence-electron chi connectivity index (χ2n) is 4.37. The van der Waals surface area contributed by atoms with E-state index in [1.165, 1.54) is 0 Å². The molecule has 0 fully saturated rings. The predicted octanol–water partition coefficient (Wildman–Crippen LogP) is 3.53. The maximum absolute atomic E-state index is 12.3. The highest BCUT2D eigenvalue weighted by molar-refractivity contribution is 6.63. The van der Waals surface area contributed by atoms with E-state index in [-0.39, 0.29) is 12.2 Å². The molecule has 2 rings (SSSR count). The van der Waals surface area contributed by atoms with E-state index in [4.69, 9.17) is 11.6 Å². The van der Waals surface area contributed by atoms with E-state index in [0.29, 0.717) is 11.1 Å². The van der Waals surface area contributed by atoms with Crippen molar-refractivity contribution in [3.05, 3.63) is 70.8 Å². The topological polar surface area (TPSA) is 34.1 Å². The van der Waals surface area contributed by atoms with Crippen LogP contribution in [0, 0.1) is 6.92 Å². The quantitative estimate of drug-likeness (QED) is 0.630. The molecular formula is C16H13ClO2. The molecule has 0 aromatic heterocycles. The Balaban J connectivity index is 2.36. The minimum atomic E-state index is -0.424. The first-order valence-corrected chi connectivity index (χ1v) is 6.33. The summed E-state index contributed by atoms with van der Waals surface area (Å²) < 4.78 is 0. The van der Waals surface area contributed by atoms with E-state index in [2.05, 4.69) is 0 Å². The number of ketones is 1. The van der Waals surface area contributed by atoms with Crippen LogP contribution in [0.15, 0.2) is 48.5 Å². The molecule has 2 aromatic carbocycles. The average Bonchev–Trinajstić information content (AvgIpc) is 2.41. The summed E-state index contributed by atoms with van der Waals surface area (Å²) >= 11 is 5.41. The van der Waals surface area contributed by atoms with Crippen molar-refractivity contribution >= 4 is 22.6 Å². The Kier molecular flexibility index (Phi) is 4.13. The molecule has 2 nitrogen and oxygen atoms in total. The lowest BCUT2D eigenvalue weighted by Crippen LogP contribution is -2.04. The molecule has 3 heteroatoms. The molecule has 0 atom stereocenters. The first kappa shape index (κ1) is 13.5. The Morgan fingerprint density at radius 2 is 1.68 bits per heavy atom. The number of benzene rings is 2. The lowest BCUT2D eigenvalue weighted by atomic mass is 9.97. The molecule has 0 spiro atoms. The summed E-state index contributed by atoms with van der Waals surface area (Å²) in [4.78, 5) is 23.3. The molecule has 0 aliphatic carbocycles. The summed E-state index contributed by atoms with van der Waals surface area (Å²) in [6.07, 6.45) is 0.142. The van der Waals surface area contributed by atoms with Crippen LogP contribution in [0.4, 0.5) is 0 Å². The Morgan fingerprint density at radius 1 is 1.00 bits per heavy atom. The largest absolute Gasteiger partial charge is 0.289 e. The molecule has 0 saturated heterocycles. The molecule has 19 heavy (non-hydrogen) atoms. The summed E-state index contributed by atoms with van der Waals surface area (Å²) in [6.45, 7) is 1.89. The van der Waals surface area contributed by atoms with Gasteiger partial charge in [-0.25, -0.2) is 0 Å². The first-order chi connectivity index (χ1) is 9.08. The van der Waals surface area contributed by atoms with Gasteiger partial charge in [0.1, 0.15) is 0 Å². The van der Waals surface area contributed by atoms with Crippen molar-refractivity contribution in [1.29, 1.82) is 0 Å². The molecule has 0 radical (unpaired) electrons. The van der Waals surface area contributed by atoms with Crippen molar-refractivity contribution in [3.63, 3.8) is 0 Å². The van der Waals surface area contributed by atoms with Gasteiger partial charge in [-0.1, -0.05) is 42.5 Å². The van der Waals surface area contributed by atoms with Gasteiger partial charge in [-0.15, -0.1) is 0 Å². The third-order valence-corrected chi connectivity index (χ3v) is 3.11. The highest BCUT2D eigenvalue weighted by Crippen LogP contribution is 2.16. The summed E-state index contributed by atoms with van der Waals surface area (Å²) in [7, 11) is 0. The Bertz CT molecular complexity index is 618. The van der Waals surface area contributed by atoms with Crippen molar-refractivity contribution in [1.82, 2.24) is 0 Å². The maximum Gasteiger partial charge on any atom is 0.226 e. The molecule has 0 amide bonds. The lowest BCUT2D eigenvalue weighted by molar-refractivity contribution is -0.111. The van der Waals surface area contributed by atoms with Gasteiger partial charge in [-0.05, 0) is 35.7 Å². The van der Waals surface area contributed by atoms with Crippen molar-refractivity contribution in [2.75, 3.05) is 0 Å². The van der Waals surface area contributed by atoms with Gasteiger partial charge in [-0.2, -0.15) is 0 Å². The van der Waals surface area contributed by atoms with Crippen molar-refractivity contribution in [2.45, 2.75) is 13.3 Å². The number of carbonyl (C=O) groups is 2. The van der Waals surface area contributed by atoms with Gasteiger partial charge in [0.15, 0.2) is 5.78 Å². The van der Waals surface area contributed by atoms with Gasteiger partial charge in [0.2, 0.25) is 5.24 Å². The fourth-order valence-electron chi connectivity index (χ4n) is 1.91. The smallest absolute Gasteiger partial charge is 0.226 e. The standard InChI is InChI=1S/C16H13ClO2/c1-11-7-8-13(9-14(11)10-15(17)18)16(19)12-5-3-2-4-6-12/h2-9H,10H2,1H3. The second kappa shape index (κ2) is 5.81. The number of rotatable bonds is 4. The van der Waals surface area contributed by atoms with E-state index in [0.717, 1.165) is 11.1 Å². The fourth-order valence-corrected chi connectivity index (χ4v) is 2.05. The fraction of sp³-hybridized carbons (Fsp3) is 0.125. The van der Waals surface area contributed by atoms with Crippen LogP contribution in [-0.2, 0) is 11.2 Å². The Morgan fingerprint density at radius 3 is 2.32 bits per heavy atom. The molecule has 0 saturated carbocycles. The summed E-state index contributed by atoms with van der Waals surface area (Å²) in [6, 6.07) is 14.4. The minimum absolute atomic E-state index is 0.0520. The van der Waals surface area contributed by atoms with Crippen LogP contribution in [-0.4, -0.2) is 11.0 Å². The molecule has 0 bridgehead atoms. The maximum atomic E-state index is 12.3. The molecule has 0 aliphatic rings. The van der Waals surface area contributed by atoms with Crippen molar-refractivity contribution in [2.24, 2.45) is 0 Å². The van der Waals surface area contributed by atoms with Gasteiger partial charge in [0.05, 0.1) is 0 Å². The molecular weight excluding hydrogens is 260 g/mol. The molecule has 0 heterocycles. The zero-order valence-electron chi connectivity index (χ0n) is 10.5. The number of hydrogen-bond donors (Lipinski definition) is 0. The SMILES string of the molecule is Cc1ccc(C(=O)c2ccccc2)cc1CC(=O)Cl. The normalized spacial score (nSPS) is 10.2. The third-order valence-electron chi connectivity index (χ3n) is 2.98. The predicted molar refractivity (Wildman–Crippen MR) is 75.6 cm³/mol. The molecule has 2 aromatic rings. The summed E-state index contributed by atoms with van der Waals surface area (Å²) in [5.41, 5.74) is 2.96. The van der Waals surface area contributed by atoms with Crippen LogP contribution >= 0.6 is 11.6 Å². The van der Waals surface area contributed by atoms with Gasteiger partial charge < -0.3 is 0 Å². The first-order valence-electron chi connectivity index (χ1n) is 5.95. The van der Waals surface area contributed by atoms with Crippen LogP contribution in [0.2, 0.25) is 0 Å². The van der Waals surface area contributed by atoms with Crippen LogP contribution in [0.1, 0.15) is 27.0 Å². The van der Waals surface area contributed by atoms with Gasteiger partial charge in [0, 0.05) is 17.5 Å². The Labute approximate surface area is 117 Å². The zero-order valence-corrected chi connectivity index (χ0v) is 11.3. The summed E-state index contributed by atoms with van der Waals surface area (Å²) in [5, 5.41) is -0.424. The van der Waals surface area contributed by atoms with E-state index in [1.54, 1.807) is 24.3 Å². The molecule has 0 aliphatic heterocycles. The van der Waals surface area contributed by atoms with Crippen molar-refractivity contribution in [3.8, 4) is 0 Å². The van der Waals surface area contributed by atoms with E-state index in [9.17, 15) is 9.59 Å². The van der Waals surface area contributed by atoms with Crippen LogP contribution in [0.5, 0.6) is 0 Å². The Hall–Kier alpha value is -1.93. The van der Waals surface area contributed by atoms with E-state index < -0.39 is 5.24 Å². The molecule has 96 valence electrons. The minimum Gasteiger partial charge on any atom is -0.289 e. The molecule has 0 N–H and O–H groups in total.